The predicted octanol–water partition coefficient (Wildman–Crippen LogP) is 4.81. The predicted molar refractivity (Wildman–Crippen MR) is 111 cm³/mol. The monoisotopic (exact) mass is 379 g/mol. The van der Waals surface area contributed by atoms with Crippen molar-refractivity contribution in [3.05, 3.63) is 53.7 Å². The van der Waals surface area contributed by atoms with Crippen molar-refractivity contribution in [2.24, 2.45) is 0 Å². The maximum atomic E-state index is 5.40. The number of nitrogens with zero attached hydrogens (tertiary/aromatic N) is 3. The zero-order valence-electron chi connectivity index (χ0n) is 16.8. The van der Waals surface area contributed by atoms with Crippen molar-refractivity contribution < 1.29 is 9.47 Å². The fourth-order valence-corrected chi connectivity index (χ4v) is 2.92. The van der Waals surface area contributed by atoms with Gasteiger partial charge in [-0.2, -0.15) is 10.1 Å². The number of para-hydroxylation sites is 1. The highest BCUT2D eigenvalue weighted by atomic mass is 16.5. The van der Waals surface area contributed by atoms with Gasteiger partial charge in [0.05, 0.1) is 26.1 Å². The maximum Gasteiger partial charge on any atom is 0.249 e. The van der Waals surface area contributed by atoms with Gasteiger partial charge in [-0.25, -0.2) is 0 Å². The van der Waals surface area contributed by atoms with Crippen molar-refractivity contribution in [1.82, 2.24) is 15.2 Å². The van der Waals surface area contributed by atoms with E-state index in [9.17, 15) is 0 Å². The van der Waals surface area contributed by atoms with Gasteiger partial charge in [0.2, 0.25) is 5.95 Å². The Morgan fingerprint density at radius 2 is 1.82 bits per heavy atom. The second kappa shape index (κ2) is 8.56. The first-order valence-electron chi connectivity index (χ1n) is 9.07. The van der Waals surface area contributed by atoms with Crippen LogP contribution in [0.5, 0.6) is 11.5 Å². The van der Waals surface area contributed by atoms with Crippen molar-refractivity contribution in [1.29, 1.82) is 0 Å². The normalized spacial score (nSPS) is 10.6. The van der Waals surface area contributed by atoms with Crippen LogP contribution in [-0.2, 0) is 0 Å². The molecule has 0 aliphatic rings. The minimum Gasteiger partial charge on any atom is -0.497 e. The summed E-state index contributed by atoms with van der Waals surface area (Å²) in [5.74, 6) is 2.73. The Morgan fingerprint density at radius 3 is 2.54 bits per heavy atom. The van der Waals surface area contributed by atoms with E-state index in [0.29, 0.717) is 29.2 Å². The third kappa shape index (κ3) is 4.31. The number of hydrogen-bond donors (Lipinski definition) is 2. The Kier molecular flexibility index (Phi) is 5.93. The first kappa shape index (κ1) is 19.4. The van der Waals surface area contributed by atoms with Crippen molar-refractivity contribution in [3.8, 4) is 11.5 Å². The molecule has 146 valence electrons. The Labute approximate surface area is 165 Å². The summed E-state index contributed by atoms with van der Waals surface area (Å²) in [5.41, 5.74) is 4.07. The number of ether oxygens (including phenoxy) is 2. The van der Waals surface area contributed by atoms with E-state index in [2.05, 4.69) is 64.8 Å². The molecule has 0 atom stereocenters. The van der Waals surface area contributed by atoms with E-state index in [1.807, 2.05) is 18.2 Å². The minimum absolute atomic E-state index is 0.373. The minimum atomic E-state index is 0.373. The van der Waals surface area contributed by atoms with Crippen LogP contribution in [0.4, 0.5) is 23.1 Å². The van der Waals surface area contributed by atoms with Crippen LogP contribution in [0, 0.1) is 6.92 Å². The van der Waals surface area contributed by atoms with Gasteiger partial charge in [-0.15, -0.1) is 5.10 Å². The molecule has 0 aliphatic carbocycles. The molecule has 0 saturated heterocycles. The summed E-state index contributed by atoms with van der Waals surface area (Å²) in [5, 5.41) is 14.7. The van der Waals surface area contributed by atoms with Crippen LogP contribution < -0.4 is 20.1 Å². The lowest BCUT2D eigenvalue weighted by Gasteiger charge is -2.16. The van der Waals surface area contributed by atoms with Gasteiger partial charge >= 0.3 is 0 Å². The molecule has 0 bridgehead atoms. The molecule has 0 spiro atoms. The molecule has 0 fully saturated rings. The summed E-state index contributed by atoms with van der Waals surface area (Å²) in [6.45, 7) is 6.38. The molecular formula is C21H25N5O2. The molecule has 1 aromatic heterocycles. The molecule has 3 aromatic rings. The molecule has 0 unspecified atom stereocenters. The topological polar surface area (TPSA) is 81.2 Å². The number of aromatic nitrogens is 3. The van der Waals surface area contributed by atoms with Crippen LogP contribution in [-0.4, -0.2) is 29.4 Å². The van der Waals surface area contributed by atoms with E-state index in [1.165, 1.54) is 5.56 Å². The average molecular weight is 379 g/mol. The van der Waals surface area contributed by atoms with Gasteiger partial charge in [-0.05, 0) is 36.1 Å². The van der Waals surface area contributed by atoms with Crippen molar-refractivity contribution >= 4 is 23.1 Å². The summed E-state index contributed by atoms with van der Waals surface area (Å²) in [4.78, 5) is 4.54. The van der Waals surface area contributed by atoms with E-state index in [4.69, 9.17) is 9.47 Å². The van der Waals surface area contributed by atoms with Crippen LogP contribution in [0.15, 0.2) is 42.6 Å². The molecule has 2 aromatic carbocycles. The van der Waals surface area contributed by atoms with E-state index in [-0.39, 0.29) is 0 Å². The second-order valence-electron chi connectivity index (χ2n) is 6.68. The van der Waals surface area contributed by atoms with Crippen LogP contribution in [0.1, 0.15) is 30.9 Å². The number of anilines is 4. The molecule has 0 aliphatic heterocycles. The smallest absolute Gasteiger partial charge is 0.249 e. The molecule has 2 N–H and O–H groups in total. The fourth-order valence-electron chi connectivity index (χ4n) is 2.92. The highest BCUT2D eigenvalue weighted by Crippen LogP contribution is 2.32. The van der Waals surface area contributed by atoms with Crippen molar-refractivity contribution in [2.45, 2.75) is 26.7 Å². The van der Waals surface area contributed by atoms with Crippen LogP contribution >= 0.6 is 0 Å². The summed E-state index contributed by atoms with van der Waals surface area (Å²) in [6.07, 6.45) is 1.56. The van der Waals surface area contributed by atoms with E-state index >= 15 is 0 Å². The van der Waals surface area contributed by atoms with E-state index in [0.717, 1.165) is 16.9 Å². The third-order valence-electron chi connectivity index (χ3n) is 4.39. The third-order valence-corrected chi connectivity index (χ3v) is 4.39. The molecule has 3 rings (SSSR count). The Hall–Kier alpha value is -3.35. The van der Waals surface area contributed by atoms with Gasteiger partial charge in [-0.3, -0.25) is 0 Å². The first-order chi connectivity index (χ1) is 13.5. The molecule has 7 nitrogen and oxygen atoms in total. The highest BCUT2D eigenvalue weighted by Gasteiger charge is 2.12. The summed E-state index contributed by atoms with van der Waals surface area (Å²) in [7, 11) is 3.23. The lowest BCUT2D eigenvalue weighted by molar-refractivity contribution is 0.405. The van der Waals surface area contributed by atoms with Gasteiger partial charge < -0.3 is 20.1 Å². The molecule has 28 heavy (non-hydrogen) atoms. The van der Waals surface area contributed by atoms with Crippen LogP contribution in [0.25, 0.3) is 0 Å². The number of benzene rings is 2. The standard InChI is InChI=1S/C21H25N5O2/c1-13(2)16-8-6-7-14(3)20(16)25-21-24-19(12-22-26-21)23-17-11-15(27-4)9-10-18(17)28-5/h6-13H,1-5H3,(H2,23,24,25,26). The average Bonchev–Trinajstić information content (AvgIpc) is 2.69. The number of rotatable bonds is 7. The van der Waals surface area contributed by atoms with Gasteiger partial charge in [0.1, 0.15) is 11.5 Å². The van der Waals surface area contributed by atoms with Crippen LogP contribution in [0.2, 0.25) is 0 Å². The lowest BCUT2D eigenvalue weighted by atomic mass is 9.98. The van der Waals surface area contributed by atoms with E-state index in [1.54, 1.807) is 20.4 Å². The molecule has 0 radical (unpaired) electrons. The zero-order valence-corrected chi connectivity index (χ0v) is 16.8. The largest absolute Gasteiger partial charge is 0.497 e. The van der Waals surface area contributed by atoms with Gasteiger partial charge in [0.25, 0.3) is 0 Å². The number of aryl methyl sites for hydroxylation is 1. The quantitative estimate of drug-likeness (QED) is 0.610. The summed E-state index contributed by atoms with van der Waals surface area (Å²) >= 11 is 0. The number of nitrogens with one attached hydrogen (secondary N) is 2. The molecule has 7 heteroatoms. The number of hydrogen-bond acceptors (Lipinski definition) is 7. The highest BCUT2D eigenvalue weighted by molar-refractivity contribution is 5.68. The van der Waals surface area contributed by atoms with Gasteiger partial charge in [0.15, 0.2) is 5.82 Å². The second-order valence-corrected chi connectivity index (χ2v) is 6.68. The molecule has 0 amide bonds. The van der Waals surface area contributed by atoms with Gasteiger partial charge in [0, 0.05) is 11.8 Å². The van der Waals surface area contributed by atoms with Crippen LogP contribution in [0.3, 0.4) is 0 Å². The fraction of sp³-hybridized carbons (Fsp3) is 0.286. The Bertz CT molecular complexity index is 959. The lowest BCUT2D eigenvalue weighted by Crippen LogP contribution is -2.06. The SMILES string of the molecule is COc1ccc(OC)c(Nc2cnnc(Nc3c(C)cccc3C(C)C)n2)c1. The first-order valence-corrected chi connectivity index (χ1v) is 9.07. The number of methoxy groups -OCH3 is 2. The molecule has 0 saturated carbocycles. The molecular weight excluding hydrogens is 354 g/mol. The van der Waals surface area contributed by atoms with Crippen molar-refractivity contribution in [3.63, 3.8) is 0 Å². The molecule has 1 heterocycles. The van der Waals surface area contributed by atoms with E-state index < -0.39 is 0 Å². The van der Waals surface area contributed by atoms with Gasteiger partial charge in [-0.1, -0.05) is 32.0 Å². The van der Waals surface area contributed by atoms with Crippen molar-refractivity contribution in [2.75, 3.05) is 24.9 Å². The maximum absolute atomic E-state index is 5.40. The Balaban J connectivity index is 1.89. The Morgan fingerprint density at radius 1 is 1.00 bits per heavy atom. The summed E-state index contributed by atoms with van der Waals surface area (Å²) in [6, 6.07) is 11.7. The zero-order chi connectivity index (χ0) is 20.1. The summed E-state index contributed by atoms with van der Waals surface area (Å²) < 4.78 is 10.7.